The van der Waals surface area contributed by atoms with Gasteiger partial charge in [-0.05, 0) is 69.6 Å². The first kappa shape index (κ1) is 21.3. The van der Waals surface area contributed by atoms with Crippen molar-refractivity contribution in [1.82, 2.24) is 13.4 Å². The number of nitrogen functional groups attached to an aromatic ring is 1. The lowest BCUT2D eigenvalue weighted by molar-refractivity contribution is 0.292. The van der Waals surface area contributed by atoms with Gasteiger partial charge in [-0.1, -0.05) is 0 Å². The van der Waals surface area contributed by atoms with Gasteiger partial charge in [-0.3, -0.25) is 18.2 Å². The zero-order valence-corrected chi connectivity index (χ0v) is 18.1. The smallest absolute Gasteiger partial charge is 0.332 e. The monoisotopic (exact) mass is 419 g/mol. The van der Waals surface area contributed by atoms with Gasteiger partial charge in [-0.15, -0.1) is 0 Å². The molecule has 0 radical (unpaired) electrons. The molecule has 29 heavy (non-hydrogen) atoms. The van der Waals surface area contributed by atoms with E-state index in [2.05, 4.69) is 0 Å². The van der Waals surface area contributed by atoms with Crippen LogP contribution in [0.15, 0.2) is 38.8 Å². The quantitative estimate of drug-likeness (QED) is 0.685. The van der Waals surface area contributed by atoms with Crippen LogP contribution in [0.25, 0.3) is 0 Å². The predicted molar refractivity (Wildman–Crippen MR) is 118 cm³/mol. The Morgan fingerprint density at radius 2 is 1.76 bits per heavy atom. The number of benzene rings is 1. The van der Waals surface area contributed by atoms with Gasteiger partial charge in [0, 0.05) is 25.0 Å². The standard InChI is InChI=1S/C20H29N5O3S/c1-22(2)29-16-9-7-15(8-10-16)28-14-13-25-19(26)17(18(21)23(3)20(25)27)24-11-5-4-6-12-24/h7-10H,4-6,11-14,21H2,1-3H3. The van der Waals surface area contributed by atoms with Gasteiger partial charge in [0.2, 0.25) is 0 Å². The highest BCUT2D eigenvalue weighted by molar-refractivity contribution is 7.97. The Kier molecular flexibility index (Phi) is 6.92. The summed E-state index contributed by atoms with van der Waals surface area (Å²) in [6, 6.07) is 7.72. The maximum atomic E-state index is 13.0. The number of aromatic nitrogens is 2. The summed E-state index contributed by atoms with van der Waals surface area (Å²) in [6.07, 6.45) is 3.19. The van der Waals surface area contributed by atoms with Crippen LogP contribution in [-0.4, -0.2) is 47.2 Å². The molecule has 1 aromatic carbocycles. The van der Waals surface area contributed by atoms with E-state index in [1.54, 1.807) is 19.0 Å². The summed E-state index contributed by atoms with van der Waals surface area (Å²) in [5, 5.41) is 0. The minimum atomic E-state index is -0.422. The van der Waals surface area contributed by atoms with E-state index >= 15 is 0 Å². The second kappa shape index (κ2) is 9.41. The van der Waals surface area contributed by atoms with Crippen molar-refractivity contribution in [3.63, 3.8) is 0 Å². The molecular formula is C20H29N5O3S. The van der Waals surface area contributed by atoms with E-state index in [0.717, 1.165) is 37.2 Å². The maximum Gasteiger partial charge on any atom is 0.332 e. The van der Waals surface area contributed by atoms with E-state index in [4.69, 9.17) is 10.5 Å². The lowest BCUT2D eigenvalue weighted by Gasteiger charge is -2.29. The van der Waals surface area contributed by atoms with E-state index in [1.165, 1.54) is 9.13 Å². The zero-order chi connectivity index (χ0) is 21.0. The first-order chi connectivity index (χ1) is 13.9. The fraction of sp³-hybridized carbons (Fsp3) is 0.500. The molecule has 1 aliphatic rings. The number of hydrogen-bond donors (Lipinski definition) is 1. The summed E-state index contributed by atoms with van der Waals surface area (Å²) in [4.78, 5) is 28.7. The van der Waals surface area contributed by atoms with Gasteiger partial charge in [0.25, 0.3) is 5.56 Å². The number of ether oxygens (including phenoxy) is 1. The summed E-state index contributed by atoms with van der Waals surface area (Å²) in [6.45, 7) is 1.95. The Morgan fingerprint density at radius 1 is 1.10 bits per heavy atom. The van der Waals surface area contributed by atoms with Crippen molar-refractivity contribution < 1.29 is 4.74 Å². The maximum absolute atomic E-state index is 13.0. The molecule has 0 amide bonds. The number of anilines is 2. The highest BCUT2D eigenvalue weighted by Crippen LogP contribution is 2.23. The molecule has 1 saturated heterocycles. The molecule has 9 heteroatoms. The van der Waals surface area contributed by atoms with Crippen LogP contribution < -0.4 is 26.6 Å². The van der Waals surface area contributed by atoms with Gasteiger partial charge in [-0.25, -0.2) is 4.79 Å². The fourth-order valence-electron chi connectivity index (χ4n) is 3.44. The third kappa shape index (κ3) is 4.97. The van der Waals surface area contributed by atoms with Crippen LogP contribution in [0.4, 0.5) is 11.5 Å². The van der Waals surface area contributed by atoms with Crippen molar-refractivity contribution in [3.8, 4) is 5.75 Å². The van der Waals surface area contributed by atoms with E-state index in [0.29, 0.717) is 11.4 Å². The van der Waals surface area contributed by atoms with Gasteiger partial charge in [-0.2, -0.15) is 0 Å². The highest BCUT2D eigenvalue weighted by Gasteiger charge is 2.22. The van der Waals surface area contributed by atoms with Crippen LogP contribution in [0.2, 0.25) is 0 Å². The van der Waals surface area contributed by atoms with Gasteiger partial charge in [0.15, 0.2) is 0 Å². The molecule has 2 aromatic rings. The minimum absolute atomic E-state index is 0.167. The summed E-state index contributed by atoms with van der Waals surface area (Å²) in [5.41, 5.74) is 5.79. The molecule has 0 aliphatic carbocycles. The molecule has 3 rings (SSSR count). The molecule has 2 heterocycles. The topological polar surface area (TPSA) is 85.7 Å². The minimum Gasteiger partial charge on any atom is -0.492 e. The van der Waals surface area contributed by atoms with Gasteiger partial charge < -0.3 is 15.4 Å². The molecule has 1 aliphatic heterocycles. The number of nitrogens with two attached hydrogens (primary N) is 1. The van der Waals surface area contributed by atoms with Crippen LogP contribution in [-0.2, 0) is 13.6 Å². The molecule has 0 bridgehead atoms. The third-order valence-corrected chi connectivity index (χ3v) is 5.79. The van der Waals surface area contributed by atoms with E-state index in [-0.39, 0.29) is 24.5 Å². The van der Waals surface area contributed by atoms with Gasteiger partial charge in [0.05, 0.1) is 6.54 Å². The molecule has 0 atom stereocenters. The highest BCUT2D eigenvalue weighted by atomic mass is 32.2. The van der Waals surface area contributed by atoms with Crippen LogP contribution in [0.1, 0.15) is 19.3 Å². The molecule has 158 valence electrons. The van der Waals surface area contributed by atoms with Gasteiger partial charge in [0.1, 0.15) is 23.9 Å². The molecule has 1 fully saturated rings. The average molecular weight is 420 g/mol. The summed E-state index contributed by atoms with van der Waals surface area (Å²) < 4.78 is 10.3. The first-order valence-electron chi connectivity index (χ1n) is 9.81. The Balaban J connectivity index is 1.74. The first-order valence-corrected chi connectivity index (χ1v) is 10.6. The molecular weight excluding hydrogens is 390 g/mol. The van der Waals surface area contributed by atoms with Crippen LogP contribution in [0.3, 0.4) is 0 Å². The molecule has 0 unspecified atom stereocenters. The summed E-state index contributed by atoms with van der Waals surface area (Å²) >= 11 is 1.62. The Labute approximate surface area is 175 Å². The SMILES string of the molecule is CN(C)Sc1ccc(OCCn2c(=O)c(N3CCCCC3)c(N)n(C)c2=O)cc1. The zero-order valence-electron chi connectivity index (χ0n) is 17.3. The lowest BCUT2D eigenvalue weighted by atomic mass is 10.1. The van der Waals surface area contributed by atoms with Crippen molar-refractivity contribution in [2.75, 3.05) is 44.4 Å². The number of piperidine rings is 1. The Hall–Kier alpha value is -2.39. The van der Waals surface area contributed by atoms with E-state index in [1.807, 2.05) is 47.6 Å². The van der Waals surface area contributed by atoms with E-state index in [9.17, 15) is 9.59 Å². The second-order valence-electron chi connectivity index (χ2n) is 7.30. The molecule has 8 nitrogen and oxygen atoms in total. The predicted octanol–water partition coefficient (Wildman–Crippen LogP) is 1.77. The number of nitrogens with zero attached hydrogens (tertiary/aromatic N) is 4. The molecule has 2 N–H and O–H groups in total. The van der Waals surface area contributed by atoms with Crippen molar-refractivity contribution in [2.45, 2.75) is 30.7 Å². The van der Waals surface area contributed by atoms with Crippen LogP contribution in [0, 0.1) is 0 Å². The molecule has 1 aromatic heterocycles. The van der Waals surface area contributed by atoms with Gasteiger partial charge >= 0.3 is 5.69 Å². The van der Waals surface area contributed by atoms with Crippen molar-refractivity contribution in [2.24, 2.45) is 7.05 Å². The largest absolute Gasteiger partial charge is 0.492 e. The lowest BCUT2D eigenvalue weighted by Crippen LogP contribution is -2.45. The number of hydrogen-bond acceptors (Lipinski definition) is 7. The Bertz CT molecular complexity index is 946. The summed E-state index contributed by atoms with van der Waals surface area (Å²) in [5.74, 6) is 0.928. The van der Waals surface area contributed by atoms with Crippen molar-refractivity contribution in [1.29, 1.82) is 0 Å². The van der Waals surface area contributed by atoms with Crippen molar-refractivity contribution in [3.05, 3.63) is 45.1 Å². The van der Waals surface area contributed by atoms with Crippen LogP contribution in [0.5, 0.6) is 5.75 Å². The van der Waals surface area contributed by atoms with Crippen molar-refractivity contribution >= 4 is 23.5 Å². The normalized spacial score (nSPS) is 14.4. The molecule has 0 spiro atoms. The van der Waals surface area contributed by atoms with Crippen LogP contribution >= 0.6 is 11.9 Å². The van der Waals surface area contributed by atoms with E-state index < -0.39 is 5.69 Å². The molecule has 0 saturated carbocycles. The summed E-state index contributed by atoms with van der Waals surface area (Å²) in [7, 11) is 5.57. The Morgan fingerprint density at radius 3 is 2.38 bits per heavy atom. The average Bonchev–Trinajstić information content (AvgIpc) is 2.71. The fourth-order valence-corrected chi connectivity index (χ4v) is 4.12. The second-order valence-corrected chi connectivity index (χ2v) is 8.69. The third-order valence-electron chi connectivity index (χ3n) is 4.94. The number of rotatable bonds is 7.